The summed E-state index contributed by atoms with van der Waals surface area (Å²) in [7, 11) is 1.67. The molecule has 1 aliphatic rings. The van der Waals surface area contributed by atoms with Crippen LogP contribution in [0.4, 0.5) is 0 Å². The zero-order chi connectivity index (χ0) is 15.7. The third kappa shape index (κ3) is 2.96. The molecule has 1 saturated carbocycles. The van der Waals surface area contributed by atoms with Gasteiger partial charge in [-0.3, -0.25) is 9.59 Å². The van der Waals surface area contributed by atoms with E-state index in [4.69, 9.17) is 0 Å². The highest BCUT2D eigenvalue weighted by Gasteiger charge is 2.42. The first kappa shape index (κ1) is 14.6. The second-order valence-corrected chi connectivity index (χ2v) is 6.04. The van der Waals surface area contributed by atoms with Crippen LogP contribution in [0.5, 0.6) is 0 Å². The number of benzene rings is 1. The Kier molecular flexibility index (Phi) is 3.84. The van der Waals surface area contributed by atoms with Crippen LogP contribution in [0.25, 0.3) is 0 Å². The van der Waals surface area contributed by atoms with E-state index >= 15 is 0 Å². The number of amides is 1. The van der Waals surface area contributed by atoms with E-state index in [0.717, 1.165) is 6.42 Å². The summed E-state index contributed by atoms with van der Waals surface area (Å²) >= 11 is 0. The van der Waals surface area contributed by atoms with E-state index in [1.807, 2.05) is 25.1 Å². The zero-order valence-electron chi connectivity index (χ0n) is 12.8. The van der Waals surface area contributed by atoms with Crippen molar-refractivity contribution in [2.75, 3.05) is 0 Å². The van der Waals surface area contributed by atoms with Gasteiger partial charge in [-0.25, -0.2) is 0 Å². The molecule has 114 valence electrons. The van der Waals surface area contributed by atoms with E-state index in [9.17, 15) is 9.59 Å². The number of aromatic nitrogens is 1. The molecule has 1 aliphatic carbocycles. The molecule has 1 aromatic carbocycles. The fraction of sp³-hybridized carbons (Fsp3) is 0.333. The van der Waals surface area contributed by atoms with Gasteiger partial charge in [0.1, 0.15) is 0 Å². The summed E-state index contributed by atoms with van der Waals surface area (Å²) in [6.07, 6.45) is 2.72. The largest absolute Gasteiger partial charge is 0.349 e. The minimum atomic E-state index is -0.177. The summed E-state index contributed by atoms with van der Waals surface area (Å²) < 4.78 is 1.45. The Morgan fingerprint density at radius 1 is 1.27 bits per heavy atom. The average Bonchev–Trinajstić information content (AvgIpc) is 3.31. The summed E-state index contributed by atoms with van der Waals surface area (Å²) in [6, 6.07) is 13.5. The molecule has 22 heavy (non-hydrogen) atoms. The lowest BCUT2D eigenvalue weighted by molar-refractivity contribution is 0.0935. The number of carbonyl (C=O) groups excluding carboxylic acids is 1. The van der Waals surface area contributed by atoms with Gasteiger partial charge < -0.3 is 9.88 Å². The number of aryl methyl sites for hydroxylation is 1. The molecule has 1 aromatic heterocycles. The quantitative estimate of drug-likeness (QED) is 0.941. The fourth-order valence-electron chi connectivity index (χ4n) is 2.94. The van der Waals surface area contributed by atoms with Crippen molar-refractivity contribution in [3.05, 3.63) is 70.1 Å². The van der Waals surface area contributed by atoms with Crippen molar-refractivity contribution >= 4 is 5.91 Å². The van der Waals surface area contributed by atoms with E-state index in [1.165, 1.54) is 16.2 Å². The van der Waals surface area contributed by atoms with E-state index in [1.54, 1.807) is 19.3 Å². The minimum Gasteiger partial charge on any atom is -0.349 e. The van der Waals surface area contributed by atoms with E-state index < -0.39 is 0 Å². The van der Waals surface area contributed by atoms with Crippen molar-refractivity contribution < 1.29 is 4.79 Å². The van der Waals surface area contributed by atoms with Crippen molar-refractivity contribution in [1.29, 1.82) is 0 Å². The topological polar surface area (TPSA) is 51.1 Å². The second-order valence-electron chi connectivity index (χ2n) is 6.04. The van der Waals surface area contributed by atoms with Crippen LogP contribution >= 0.6 is 0 Å². The van der Waals surface area contributed by atoms with Crippen LogP contribution in [-0.4, -0.2) is 16.5 Å². The normalized spacial score (nSPS) is 21.2. The zero-order valence-corrected chi connectivity index (χ0v) is 12.8. The molecule has 2 aromatic rings. The number of hydrogen-bond acceptors (Lipinski definition) is 2. The number of rotatable bonds is 4. The van der Waals surface area contributed by atoms with Crippen LogP contribution in [-0.2, 0) is 7.05 Å². The third-order valence-electron chi connectivity index (χ3n) is 4.44. The molecule has 0 aliphatic heterocycles. The Balaban J connectivity index is 1.63. The van der Waals surface area contributed by atoms with E-state index in [0.29, 0.717) is 17.4 Å². The van der Waals surface area contributed by atoms with Gasteiger partial charge in [-0.15, -0.1) is 0 Å². The Morgan fingerprint density at radius 3 is 2.68 bits per heavy atom. The van der Waals surface area contributed by atoms with Gasteiger partial charge >= 0.3 is 0 Å². The Bertz CT molecular complexity index is 736. The highest BCUT2D eigenvalue weighted by molar-refractivity contribution is 5.94. The van der Waals surface area contributed by atoms with Crippen molar-refractivity contribution in [2.24, 2.45) is 13.0 Å². The number of hydrogen-bond donors (Lipinski definition) is 1. The van der Waals surface area contributed by atoms with Crippen molar-refractivity contribution in [3.8, 4) is 0 Å². The summed E-state index contributed by atoms with van der Waals surface area (Å²) in [4.78, 5) is 23.8. The first-order valence-corrected chi connectivity index (χ1v) is 7.59. The molecule has 1 N–H and O–H groups in total. The summed E-state index contributed by atoms with van der Waals surface area (Å²) in [5.74, 6) is 0.821. The maximum Gasteiger partial charge on any atom is 0.251 e. The molecule has 0 spiro atoms. The molecule has 0 saturated heterocycles. The summed E-state index contributed by atoms with van der Waals surface area (Å²) in [5.41, 5.74) is 1.59. The van der Waals surface area contributed by atoms with Crippen molar-refractivity contribution in [3.63, 3.8) is 0 Å². The lowest BCUT2D eigenvalue weighted by atomic mass is 10.1. The van der Waals surface area contributed by atoms with Crippen LogP contribution in [0.2, 0.25) is 0 Å². The van der Waals surface area contributed by atoms with Crippen LogP contribution in [0.1, 0.15) is 35.2 Å². The van der Waals surface area contributed by atoms with Gasteiger partial charge in [0, 0.05) is 30.9 Å². The smallest absolute Gasteiger partial charge is 0.251 e. The molecule has 3 atom stereocenters. The van der Waals surface area contributed by atoms with Crippen LogP contribution in [0.15, 0.2) is 53.5 Å². The van der Waals surface area contributed by atoms with Crippen molar-refractivity contribution in [2.45, 2.75) is 25.3 Å². The second kappa shape index (κ2) is 5.79. The van der Waals surface area contributed by atoms with Crippen LogP contribution in [0.3, 0.4) is 0 Å². The van der Waals surface area contributed by atoms with Gasteiger partial charge in [0.2, 0.25) is 0 Å². The molecule has 1 amide bonds. The molecule has 0 bridgehead atoms. The Labute approximate surface area is 129 Å². The predicted octanol–water partition coefficient (Wildman–Crippen LogP) is 2.31. The molecular formula is C18H20N2O2. The van der Waals surface area contributed by atoms with Gasteiger partial charge in [0.05, 0.1) is 0 Å². The number of carbonyl (C=O) groups is 1. The lowest BCUT2D eigenvalue weighted by Crippen LogP contribution is -2.35. The third-order valence-corrected chi connectivity index (χ3v) is 4.44. The molecule has 4 nitrogen and oxygen atoms in total. The van der Waals surface area contributed by atoms with Gasteiger partial charge in [-0.1, -0.05) is 30.3 Å². The first-order chi connectivity index (χ1) is 10.6. The van der Waals surface area contributed by atoms with Crippen molar-refractivity contribution in [1.82, 2.24) is 9.88 Å². The highest BCUT2D eigenvalue weighted by atomic mass is 16.2. The Morgan fingerprint density at radius 2 is 2.00 bits per heavy atom. The summed E-state index contributed by atoms with van der Waals surface area (Å²) in [5, 5.41) is 3.02. The standard InChI is InChI=1S/C18H20N2O2/c1-12(15-11-16(15)13-6-4-3-5-7-13)19-18(22)14-8-9-20(2)17(21)10-14/h3-10,12,15-16H,11H2,1-2H3,(H,19,22)/t12-,15+,16-/m0/s1. The van der Waals surface area contributed by atoms with E-state index in [-0.39, 0.29) is 17.5 Å². The molecular weight excluding hydrogens is 276 g/mol. The Hall–Kier alpha value is -2.36. The molecule has 0 unspecified atom stereocenters. The average molecular weight is 296 g/mol. The van der Waals surface area contributed by atoms with Gasteiger partial charge in [0.15, 0.2) is 0 Å². The maximum absolute atomic E-state index is 12.2. The van der Waals surface area contributed by atoms with Gasteiger partial charge in [0.25, 0.3) is 11.5 Å². The summed E-state index contributed by atoms with van der Waals surface area (Å²) in [6.45, 7) is 2.03. The lowest BCUT2D eigenvalue weighted by Gasteiger charge is -2.14. The first-order valence-electron chi connectivity index (χ1n) is 7.59. The maximum atomic E-state index is 12.2. The molecule has 1 fully saturated rings. The molecule has 0 radical (unpaired) electrons. The van der Waals surface area contributed by atoms with Crippen LogP contribution in [0, 0.1) is 5.92 Å². The fourth-order valence-corrected chi connectivity index (χ4v) is 2.94. The monoisotopic (exact) mass is 296 g/mol. The van der Waals surface area contributed by atoms with E-state index in [2.05, 4.69) is 17.4 Å². The molecule has 4 heteroatoms. The minimum absolute atomic E-state index is 0.0989. The number of pyridine rings is 1. The van der Waals surface area contributed by atoms with Crippen LogP contribution < -0.4 is 10.9 Å². The molecule has 3 rings (SSSR count). The predicted molar refractivity (Wildman–Crippen MR) is 85.9 cm³/mol. The number of nitrogens with one attached hydrogen (secondary N) is 1. The molecule has 1 heterocycles. The number of nitrogens with zero attached hydrogens (tertiary/aromatic N) is 1. The van der Waals surface area contributed by atoms with Gasteiger partial charge in [-0.2, -0.15) is 0 Å². The van der Waals surface area contributed by atoms with Gasteiger partial charge in [-0.05, 0) is 36.8 Å². The highest BCUT2D eigenvalue weighted by Crippen LogP contribution is 2.49. The SMILES string of the molecule is C[C@H](NC(=O)c1ccn(C)c(=O)c1)[C@H]1C[C@H]1c1ccccc1.